The van der Waals surface area contributed by atoms with Gasteiger partial charge in [0.2, 0.25) is 0 Å². The molecule has 0 amide bonds. The summed E-state index contributed by atoms with van der Waals surface area (Å²) in [6, 6.07) is 56.9. The molecule has 0 bridgehead atoms. The molecule has 1 aromatic heterocycles. The van der Waals surface area contributed by atoms with E-state index < -0.39 is 0 Å². The fourth-order valence-corrected chi connectivity index (χ4v) is 7.31. The van der Waals surface area contributed by atoms with Crippen molar-refractivity contribution >= 4 is 44.4 Å². The van der Waals surface area contributed by atoms with E-state index in [-0.39, 0.29) is 0 Å². The maximum Gasteiger partial charge on any atom is 0.156 e. The molecule has 0 saturated heterocycles. The topological polar surface area (TPSA) is 63.9 Å². The lowest BCUT2D eigenvalue weighted by atomic mass is 9.90. The normalized spacial score (nSPS) is 14.9. The summed E-state index contributed by atoms with van der Waals surface area (Å²) in [6.07, 6.45) is 7.48. The lowest BCUT2D eigenvalue weighted by Gasteiger charge is -2.17. The first-order valence-electron chi connectivity index (χ1n) is 18.1. The molecule has 8 aromatic rings. The van der Waals surface area contributed by atoms with Crippen molar-refractivity contribution in [2.45, 2.75) is 18.9 Å². The zero-order valence-electron chi connectivity index (χ0n) is 29.2. The monoisotopic (exact) mass is 683 g/mol. The van der Waals surface area contributed by atoms with Gasteiger partial charge in [-0.3, -0.25) is 4.99 Å². The van der Waals surface area contributed by atoms with Gasteiger partial charge in [0.25, 0.3) is 0 Å². The predicted octanol–water partition coefficient (Wildman–Crippen LogP) is 12.0. The molecule has 0 radical (unpaired) electrons. The molecular weight excluding hydrogens is 647 g/mol. The Hall–Kier alpha value is -6.78. The van der Waals surface area contributed by atoms with Gasteiger partial charge in [-0.1, -0.05) is 158 Å². The number of nitrogens with two attached hydrogens (primary N) is 1. The van der Waals surface area contributed by atoms with Crippen LogP contribution in [0, 0.1) is 0 Å². The van der Waals surface area contributed by atoms with E-state index in [1.165, 1.54) is 21.9 Å². The van der Waals surface area contributed by atoms with E-state index in [9.17, 15) is 0 Å². The molecule has 1 unspecified atom stereocenters. The fraction of sp³-hybridized carbons (Fsp3) is 0.0612. The molecule has 2 N–H and O–H groups in total. The number of fused-ring (bicyclic) bond motifs is 4. The van der Waals surface area contributed by atoms with Gasteiger partial charge in [-0.25, -0.2) is 4.99 Å². The molecular formula is C49H37N3O. The van der Waals surface area contributed by atoms with Gasteiger partial charge in [0.15, 0.2) is 5.84 Å². The van der Waals surface area contributed by atoms with Crippen molar-refractivity contribution in [2.75, 3.05) is 0 Å². The summed E-state index contributed by atoms with van der Waals surface area (Å²) < 4.78 is 6.38. The van der Waals surface area contributed by atoms with Crippen LogP contribution < -0.4 is 5.73 Å². The highest BCUT2D eigenvalue weighted by atomic mass is 16.3. The molecule has 0 spiro atoms. The zero-order chi connectivity index (χ0) is 35.6. The Labute approximate surface area is 309 Å². The molecule has 1 heterocycles. The summed E-state index contributed by atoms with van der Waals surface area (Å²) in [7, 11) is 0. The molecule has 9 rings (SSSR count). The maximum absolute atomic E-state index is 6.74. The van der Waals surface area contributed by atoms with Gasteiger partial charge < -0.3 is 10.2 Å². The van der Waals surface area contributed by atoms with Crippen LogP contribution in [-0.4, -0.2) is 11.7 Å². The SMILES string of the molecule is NC(=NC(=NCc1cccc2oc3ccc(-c4ccc5ccccc5c4)cc3c12)C1=CCC(c2ccccc2)C=C1)c1ccc(-c2ccccc2)cc1. The molecule has 1 aliphatic carbocycles. The second-order valence-corrected chi connectivity index (χ2v) is 13.5. The van der Waals surface area contributed by atoms with E-state index in [0.717, 1.165) is 61.7 Å². The van der Waals surface area contributed by atoms with Crippen LogP contribution >= 0.6 is 0 Å². The number of amidine groups is 2. The Bertz CT molecular complexity index is 2720. The van der Waals surface area contributed by atoms with E-state index in [1.54, 1.807) is 0 Å². The Kier molecular flexibility index (Phi) is 8.55. The van der Waals surface area contributed by atoms with Gasteiger partial charge in [0, 0.05) is 27.8 Å². The van der Waals surface area contributed by atoms with Crippen molar-refractivity contribution in [3.63, 3.8) is 0 Å². The Balaban J connectivity index is 1.08. The summed E-state index contributed by atoms with van der Waals surface area (Å²) in [5.41, 5.74) is 17.2. The molecule has 1 atom stereocenters. The molecule has 7 aromatic carbocycles. The van der Waals surface area contributed by atoms with Crippen molar-refractivity contribution in [1.29, 1.82) is 0 Å². The number of furan rings is 1. The summed E-state index contributed by atoms with van der Waals surface area (Å²) in [5.74, 6) is 1.34. The van der Waals surface area contributed by atoms with Crippen LogP contribution in [0.2, 0.25) is 0 Å². The van der Waals surface area contributed by atoms with Crippen molar-refractivity contribution in [2.24, 2.45) is 15.7 Å². The average molecular weight is 684 g/mol. The molecule has 1 aliphatic rings. The highest BCUT2D eigenvalue weighted by Crippen LogP contribution is 2.36. The first kappa shape index (κ1) is 32.1. The fourth-order valence-electron chi connectivity index (χ4n) is 7.31. The van der Waals surface area contributed by atoms with Gasteiger partial charge in [-0.15, -0.1) is 0 Å². The number of hydrogen-bond donors (Lipinski definition) is 1. The third kappa shape index (κ3) is 6.59. The van der Waals surface area contributed by atoms with Crippen LogP contribution in [0.15, 0.2) is 202 Å². The smallest absolute Gasteiger partial charge is 0.156 e. The minimum atomic E-state index is 0.302. The number of hydrogen-bond acceptors (Lipinski definition) is 2. The average Bonchev–Trinajstić information content (AvgIpc) is 3.61. The minimum Gasteiger partial charge on any atom is -0.456 e. The van der Waals surface area contributed by atoms with Gasteiger partial charge in [-0.2, -0.15) is 0 Å². The zero-order valence-corrected chi connectivity index (χ0v) is 29.2. The van der Waals surface area contributed by atoms with E-state index >= 15 is 0 Å². The van der Waals surface area contributed by atoms with E-state index in [0.29, 0.717) is 24.1 Å². The van der Waals surface area contributed by atoms with Crippen LogP contribution in [0.1, 0.15) is 29.0 Å². The molecule has 53 heavy (non-hydrogen) atoms. The first-order valence-corrected chi connectivity index (χ1v) is 18.1. The highest BCUT2D eigenvalue weighted by Gasteiger charge is 2.17. The minimum absolute atomic E-state index is 0.302. The van der Waals surface area contributed by atoms with Crippen molar-refractivity contribution < 1.29 is 4.42 Å². The molecule has 254 valence electrons. The Morgan fingerprint density at radius 2 is 1.32 bits per heavy atom. The Morgan fingerprint density at radius 1 is 0.623 bits per heavy atom. The summed E-state index contributed by atoms with van der Waals surface area (Å²) in [5, 5.41) is 4.59. The highest BCUT2D eigenvalue weighted by molar-refractivity contribution is 6.12. The quantitative estimate of drug-likeness (QED) is 0.134. The second-order valence-electron chi connectivity index (χ2n) is 13.5. The van der Waals surface area contributed by atoms with Crippen LogP contribution in [-0.2, 0) is 6.54 Å². The third-order valence-corrected chi connectivity index (χ3v) is 10.2. The van der Waals surface area contributed by atoms with Crippen molar-refractivity contribution in [1.82, 2.24) is 0 Å². The summed E-state index contributed by atoms with van der Waals surface area (Å²) >= 11 is 0. The maximum atomic E-state index is 6.74. The molecule has 0 saturated carbocycles. The van der Waals surface area contributed by atoms with Crippen molar-refractivity contribution in [3.05, 3.63) is 204 Å². The van der Waals surface area contributed by atoms with Crippen LogP contribution in [0.25, 0.3) is 55.0 Å². The van der Waals surface area contributed by atoms with E-state index in [1.807, 2.05) is 42.5 Å². The standard InChI is InChI=1S/C49H37N3O/c50-48(38-23-18-36(19-24-38)33-10-3-1-4-11-33)52-49(39-25-20-37(21-26-39)34-12-5-2-6-13-34)51-32-43-16-9-17-46-47(43)44-31-42(28-29-45(44)53-46)41-27-22-35-14-7-8-15-40(35)30-41/h1-20,22-31,37H,21,32H2,(H2,50,51,52). The number of aliphatic imine (C=N–C) groups is 2. The largest absolute Gasteiger partial charge is 0.456 e. The van der Waals surface area contributed by atoms with Crippen LogP contribution in [0.3, 0.4) is 0 Å². The second kappa shape index (κ2) is 14.1. The van der Waals surface area contributed by atoms with Crippen LogP contribution in [0.4, 0.5) is 0 Å². The lowest BCUT2D eigenvalue weighted by molar-refractivity contribution is 0.668. The van der Waals surface area contributed by atoms with Gasteiger partial charge in [-0.05, 0) is 74.8 Å². The van der Waals surface area contributed by atoms with E-state index in [2.05, 4.69) is 140 Å². The van der Waals surface area contributed by atoms with Gasteiger partial charge >= 0.3 is 0 Å². The Morgan fingerprint density at radius 3 is 2.11 bits per heavy atom. The van der Waals surface area contributed by atoms with Gasteiger partial charge in [0.1, 0.15) is 17.0 Å². The van der Waals surface area contributed by atoms with Crippen LogP contribution in [0.5, 0.6) is 0 Å². The molecule has 0 aliphatic heterocycles. The van der Waals surface area contributed by atoms with Crippen molar-refractivity contribution in [3.8, 4) is 22.3 Å². The predicted molar refractivity (Wildman–Crippen MR) is 221 cm³/mol. The first-order chi connectivity index (χ1) is 26.2. The third-order valence-electron chi connectivity index (χ3n) is 10.2. The molecule has 0 fully saturated rings. The van der Waals surface area contributed by atoms with E-state index in [4.69, 9.17) is 20.1 Å². The summed E-state index contributed by atoms with van der Waals surface area (Å²) in [6.45, 7) is 0.415. The number of benzene rings is 7. The number of rotatable bonds is 7. The number of nitrogens with zero attached hydrogens (tertiary/aromatic N) is 2. The number of allylic oxidation sites excluding steroid dienone is 2. The summed E-state index contributed by atoms with van der Waals surface area (Å²) in [4.78, 5) is 10.2. The molecule has 4 nitrogen and oxygen atoms in total. The molecule has 4 heteroatoms. The lowest BCUT2D eigenvalue weighted by Crippen LogP contribution is -2.17. The van der Waals surface area contributed by atoms with Gasteiger partial charge in [0.05, 0.1) is 6.54 Å².